The summed E-state index contributed by atoms with van der Waals surface area (Å²) >= 11 is 0. The minimum atomic E-state index is -2.86. The van der Waals surface area contributed by atoms with E-state index in [2.05, 4.69) is 6.58 Å². The van der Waals surface area contributed by atoms with Crippen molar-refractivity contribution in [2.75, 3.05) is 12.0 Å². The molecule has 0 spiro atoms. The molecule has 0 amide bonds. The van der Waals surface area contributed by atoms with Gasteiger partial charge in [0, 0.05) is 12.3 Å². The van der Waals surface area contributed by atoms with Crippen molar-refractivity contribution in [3.63, 3.8) is 0 Å². The number of halogens is 1. The highest BCUT2D eigenvalue weighted by Crippen LogP contribution is 1.93. The van der Waals surface area contributed by atoms with Crippen molar-refractivity contribution in [1.29, 1.82) is 0 Å². The summed E-state index contributed by atoms with van der Waals surface area (Å²) in [5.41, 5.74) is 5.40. The first-order valence-corrected chi connectivity index (χ1v) is 5.07. The van der Waals surface area contributed by atoms with E-state index in [0.29, 0.717) is 6.42 Å². The molecule has 0 aromatic heterocycles. The Morgan fingerprint density at radius 1 is 1.64 bits per heavy atom. The van der Waals surface area contributed by atoms with Crippen molar-refractivity contribution >= 4 is 22.2 Å². The Morgan fingerprint density at radius 2 is 2.09 bits per heavy atom. The molecule has 1 atom stereocenters. The largest absolute Gasteiger partial charge is 0.324 e. The zero-order valence-corrected chi connectivity index (χ0v) is 8.12. The zero-order chi connectivity index (χ0) is 8.20. The highest BCUT2D eigenvalue weighted by Gasteiger charge is 2.03. The molecule has 0 bridgehead atoms. The average Bonchev–Trinajstić information content (AvgIpc) is 1.81. The summed E-state index contributed by atoms with van der Waals surface area (Å²) in [6, 6.07) is -0.199. The minimum absolute atomic E-state index is 0. The van der Waals surface area contributed by atoms with Gasteiger partial charge in [-0.25, -0.2) is 8.42 Å². The van der Waals surface area contributed by atoms with Gasteiger partial charge in [0.1, 0.15) is 9.84 Å². The van der Waals surface area contributed by atoms with Gasteiger partial charge in [-0.1, -0.05) is 6.08 Å². The predicted octanol–water partition coefficient (Wildman–Crippen LogP) is 0.356. The van der Waals surface area contributed by atoms with Gasteiger partial charge < -0.3 is 5.73 Å². The maximum atomic E-state index is 10.6. The number of hydrogen-bond donors (Lipinski definition) is 1. The van der Waals surface area contributed by atoms with E-state index in [1.165, 1.54) is 6.26 Å². The number of sulfone groups is 1. The van der Waals surface area contributed by atoms with Gasteiger partial charge in [0.2, 0.25) is 0 Å². The van der Waals surface area contributed by atoms with Gasteiger partial charge in [0.25, 0.3) is 0 Å². The van der Waals surface area contributed by atoms with Crippen LogP contribution in [-0.2, 0) is 9.84 Å². The molecule has 0 aliphatic rings. The summed E-state index contributed by atoms with van der Waals surface area (Å²) < 4.78 is 21.1. The maximum Gasteiger partial charge on any atom is 0.147 e. The molecular formula is C6H14ClNO2S. The Bertz CT molecular complexity index is 201. The third-order valence-electron chi connectivity index (χ3n) is 1.12. The number of rotatable bonds is 4. The molecule has 0 aromatic carbocycles. The van der Waals surface area contributed by atoms with Crippen LogP contribution >= 0.6 is 12.4 Å². The first-order chi connectivity index (χ1) is 4.45. The van der Waals surface area contributed by atoms with Crippen molar-refractivity contribution in [3.8, 4) is 0 Å². The molecule has 0 saturated carbocycles. The SMILES string of the molecule is C=CC(N)CCS(C)(=O)=O.Cl. The zero-order valence-electron chi connectivity index (χ0n) is 6.49. The lowest BCUT2D eigenvalue weighted by Gasteiger charge is -2.02. The highest BCUT2D eigenvalue weighted by molar-refractivity contribution is 7.90. The van der Waals surface area contributed by atoms with Crippen LogP contribution in [-0.4, -0.2) is 26.5 Å². The van der Waals surface area contributed by atoms with Crippen LogP contribution in [0.5, 0.6) is 0 Å². The Morgan fingerprint density at radius 3 is 2.36 bits per heavy atom. The summed E-state index contributed by atoms with van der Waals surface area (Å²) in [6.07, 6.45) is 3.20. The lowest BCUT2D eigenvalue weighted by atomic mass is 10.2. The van der Waals surface area contributed by atoms with Crippen molar-refractivity contribution in [3.05, 3.63) is 12.7 Å². The first-order valence-electron chi connectivity index (χ1n) is 3.01. The van der Waals surface area contributed by atoms with Crippen LogP contribution < -0.4 is 5.73 Å². The fraction of sp³-hybridized carbons (Fsp3) is 0.667. The van der Waals surface area contributed by atoms with Crippen molar-refractivity contribution in [2.45, 2.75) is 12.5 Å². The fourth-order valence-corrected chi connectivity index (χ4v) is 1.17. The Hall–Kier alpha value is -0.0600. The average molecular weight is 200 g/mol. The molecule has 0 saturated heterocycles. The van der Waals surface area contributed by atoms with Crippen LogP contribution in [0.15, 0.2) is 12.7 Å². The molecule has 0 aliphatic carbocycles. The van der Waals surface area contributed by atoms with Gasteiger partial charge in [0.15, 0.2) is 0 Å². The Balaban J connectivity index is 0. The Labute approximate surface area is 74.0 Å². The topological polar surface area (TPSA) is 60.2 Å². The summed E-state index contributed by atoms with van der Waals surface area (Å²) in [5.74, 6) is 0.139. The third-order valence-corrected chi connectivity index (χ3v) is 2.10. The highest BCUT2D eigenvalue weighted by atomic mass is 35.5. The van der Waals surface area contributed by atoms with Crippen LogP contribution in [0.1, 0.15) is 6.42 Å². The van der Waals surface area contributed by atoms with E-state index < -0.39 is 9.84 Å². The van der Waals surface area contributed by atoms with Gasteiger partial charge in [-0.05, 0) is 6.42 Å². The van der Waals surface area contributed by atoms with E-state index in [4.69, 9.17) is 5.73 Å². The summed E-state index contributed by atoms with van der Waals surface area (Å²) in [4.78, 5) is 0. The van der Waals surface area contributed by atoms with Gasteiger partial charge in [-0.2, -0.15) is 0 Å². The molecule has 5 heteroatoms. The second kappa shape index (κ2) is 5.57. The van der Waals surface area contributed by atoms with E-state index in [9.17, 15) is 8.42 Å². The van der Waals surface area contributed by atoms with Gasteiger partial charge in [-0.15, -0.1) is 19.0 Å². The van der Waals surface area contributed by atoms with Crippen molar-refractivity contribution in [2.24, 2.45) is 5.73 Å². The quantitative estimate of drug-likeness (QED) is 0.665. The van der Waals surface area contributed by atoms with Gasteiger partial charge >= 0.3 is 0 Å². The maximum absolute atomic E-state index is 10.6. The normalized spacial score (nSPS) is 13.3. The van der Waals surface area contributed by atoms with E-state index in [0.717, 1.165) is 0 Å². The molecule has 2 N–H and O–H groups in total. The molecule has 0 fully saturated rings. The van der Waals surface area contributed by atoms with E-state index >= 15 is 0 Å². The summed E-state index contributed by atoms with van der Waals surface area (Å²) in [5, 5.41) is 0. The minimum Gasteiger partial charge on any atom is -0.324 e. The summed E-state index contributed by atoms with van der Waals surface area (Å²) in [6.45, 7) is 3.44. The number of nitrogens with two attached hydrogens (primary N) is 1. The van der Waals surface area contributed by atoms with Crippen LogP contribution in [0.3, 0.4) is 0 Å². The van der Waals surface area contributed by atoms with Gasteiger partial charge in [0.05, 0.1) is 5.75 Å². The number of hydrogen-bond acceptors (Lipinski definition) is 3. The van der Waals surface area contributed by atoms with E-state index in [1.54, 1.807) is 6.08 Å². The standard InChI is InChI=1S/C6H13NO2S.ClH/c1-3-6(7)4-5-10(2,8)9;/h3,6H,1,4-5,7H2,2H3;1H. The molecule has 1 unspecified atom stereocenters. The fourth-order valence-electron chi connectivity index (χ4n) is 0.468. The molecule has 0 radical (unpaired) electrons. The lowest BCUT2D eigenvalue weighted by molar-refractivity contribution is 0.596. The molecule has 3 nitrogen and oxygen atoms in total. The van der Waals surface area contributed by atoms with Crippen molar-refractivity contribution in [1.82, 2.24) is 0 Å². The molecule has 0 aromatic rings. The smallest absolute Gasteiger partial charge is 0.147 e. The molecule has 11 heavy (non-hydrogen) atoms. The summed E-state index contributed by atoms with van der Waals surface area (Å²) in [7, 11) is -2.86. The first kappa shape index (κ1) is 13.5. The van der Waals surface area contributed by atoms with Crippen LogP contribution in [0.2, 0.25) is 0 Å². The molecule has 0 aliphatic heterocycles. The molecule has 0 rings (SSSR count). The lowest BCUT2D eigenvalue weighted by Crippen LogP contribution is -2.20. The third kappa shape index (κ3) is 9.94. The predicted molar refractivity (Wildman–Crippen MR) is 49.7 cm³/mol. The molecular weight excluding hydrogens is 186 g/mol. The monoisotopic (exact) mass is 199 g/mol. The molecule has 0 heterocycles. The molecule has 68 valence electrons. The second-order valence-electron chi connectivity index (χ2n) is 2.32. The van der Waals surface area contributed by atoms with Crippen LogP contribution in [0.25, 0.3) is 0 Å². The van der Waals surface area contributed by atoms with Crippen LogP contribution in [0, 0.1) is 0 Å². The Kier molecular flexibility index (Phi) is 6.85. The van der Waals surface area contributed by atoms with E-state index in [-0.39, 0.29) is 24.2 Å². The van der Waals surface area contributed by atoms with Gasteiger partial charge in [-0.3, -0.25) is 0 Å². The van der Waals surface area contributed by atoms with Crippen molar-refractivity contribution < 1.29 is 8.42 Å². The van der Waals surface area contributed by atoms with Crippen LogP contribution in [0.4, 0.5) is 0 Å². The van der Waals surface area contributed by atoms with E-state index in [1.807, 2.05) is 0 Å². The second-order valence-corrected chi connectivity index (χ2v) is 4.58.